The maximum Gasteiger partial charge on any atom is 0.263 e. The van der Waals surface area contributed by atoms with Gasteiger partial charge in [0, 0.05) is 18.9 Å². The van der Waals surface area contributed by atoms with Gasteiger partial charge in [0.05, 0.1) is 23.9 Å². The predicted molar refractivity (Wildman–Crippen MR) is 104 cm³/mol. The van der Waals surface area contributed by atoms with E-state index in [0.29, 0.717) is 17.9 Å². The van der Waals surface area contributed by atoms with Crippen LogP contribution in [0.3, 0.4) is 0 Å². The summed E-state index contributed by atoms with van der Waals surface area (Å²) in [6, 6.07) is 12.0. The van der Waals surface area contributed by atoms with Crippen molar-refractivity contribution in [1.82, 2.24) is 9.97 Å². The van der Waals surface area contributed by atoms with E-state index in [9.17, 15) is 8.42 Å². The number of hydrogen-bond donors (Lipinski definition) is 2. The zero-order valence-corrected chi connectivity index (χ0v) is 15.8. The van der Waals surface area contributed by atoms with Crippen LogP contribution in [0.2, 0.25) is 0 Å². The number of methoxy groups -OCH3 is 1. The predicted octanol–water partition coefficient (Wildman–Crippen LogP) is 3.21. The molecular weight excluding hydrogens is 364 g/mol. The Morgan fingerprint density at radius 3 is 2.48 bits per heavy atom. The molecule has 3 rings (SSSR count). The summed E-state index contributed by atoms with van der Waals surface area (Å²) in [6.07, 6.45) is 5.04. The third-order valence-corrected chi connectivity index (χ3v) is 5.43. The van der Waals surface area contributed by atoms with Crippen molar-refractivity contribution in [1.29, 1.82) is 0 Å². The lowest BCUT2D eigenvalue weighted by Crippen LogP contribution is -2.15. The quantitative estimate of drug-likeness (QED) is 0.650. The maximum atomic E-state index is 12.6. The maximum absolute atomic E-state index is 12.6. The molecule has 0 aliphatic heterocycles. The van der Waals surface area contributed by atoms with Crippen LogP contribution < -0.4 is 14.8 Å². The molecular formula is C19H20N4O3S. The van der Waals surface area contributed by atoms with Crippen molar-refractivity contribution in [2.24, 2.45) is 0 Å². The smallest absolute Gasteiger partial charge is 0.263 e. The van der Waals surface area contributed by atoms with Crippen molar-refractivity contribution in [3.8, 4) is 5.75 Å². The number of anilines is 2. The molecule has 0 amide bonds. The van der Waals surface area contributed by atoms with Gasteiger partial charge >= 0.3 is 0 Å². The van der Waals surface area contributed by atoms with Crippen molar-refractivity contribution in [2.45, 2.75) is 18.4 Å². The van der Waals surface area contributed by atoms with Crippen LogP contribution in [-0.4, -0.2) is 25.5 Å². The highest BCUT2D eigenvalue weighted by Crippen LogP contribution is 2.23. The molecule has 0 spiro atoms. The van der Waals surface area contributed by atoms with Crippen molar-refractivity contribution in [3.63, 3.8) is 0 Å². The average molecular weight is 384 g/mol. The number of aryl methyl sites for hydroxylation is 1. The molecule has 0 saturated carbocycles. The van der Waals surface area contributed by atoms with Gasteiger partial charge in [0.2, 0.25) is 0 Å². The Hall–Kier alpha value is -3.13. The van der Waals surface area contributed by atoms with Gasteiger partial charge in [-0.2, -0.15) is 0 Å². The van der Waals surface area contributed by atoms with Crippen LogP contribution in [-0.2, 0) is 16.6 Å². The summed E-state index contributed by atoms with van der Waals surface area (Å²) in [5.74, 6) is 0.855. The van der Waals surface area contributed by atoms with E-state index in [1.807, 2.05) is 12.1 Å². The highest BCUT2D eigenvalue weighted by atomic mass is 32.2. The number of nitrogens with zero attached hydrogens (tertiary/aromatic N) is 2. The number of sulfonamides is 1. The monoisotopic (exact) mass is 384 g/mol. The zero-order valence-electron chi connectivity index (χ0n) is 15.0. The summed E-state index contributed by atoms with van der Waals surface area (Å²) in [5.41, 5.74) is 2.47. The van der Waals surface area contributed by atoms with E-state index in [4.69, 9.17) is 4.74 Å². The van der Waals surface area contributed by atoms with Gasteiger partial charge in [-0.15, -0.1) is 0 Å². The van der Waals surface area contributed by atoms with Gasteiger partial charge < -0.3 is 10.1 Å². The first-order valence-electron chi connectivity index (χ1n) is 8.24. The molecule has 0 aliphatic carbocycles. The Morgan fingerprint density at radius 1 is 1.07 bits per heavy atom. The molecule has 27 heavy (non-hydrogen) atoms. The van der Waals surface area contributed by atoms with Crippen molar-refractivity contribution in [2.75, 3.05) is 17.1 Å². The molecule has 2 N–H and O–H groups in total. The van der Waals surface area contributed by atoms with Crippen molar-refractivity contribution < 1.29 is 13.2 Å². The van der Waals surface area contributed by atoms with Crippen LogP contribution in [0.25, 0.3) is 0 Å². The van der Waals surface area contributed by atoms with Crippen LogP contribution in [0.5, 0.6) is 5.75 Å². The fraction of sp³-hybridized carbons (Fsp3) is 0.158. The minimum atomic E-state index is -3.73. The van der Waals surface area contributed by atoms with Crippen LogP contribution in [0, 0.1) is 6.92 Å². The highest BCUT2D eigenvalue weighted by molar-refractivity contribution is 7.92. The molecule has 0 unspecified atom stereocenters. The van der Waals surface area contributed by atoms with Gasteiger partial charge in [0.25, 0.3) is 10.0 Å². The number of benzene rings is 1. The minimum Gasteiger partial charge on any atom is -0.497 e. The number of aromatic nitrogens is 2. The third kappa shape index (κ3) is 4.73. The molecule has 0 fully saturated rings. The molecule has 0 radical (unpaired) electrons. The first-order valence-corrected chi connectivity index (χ1v) is 9.72. The molecule has 0 aliphatic rings. The lowest BCUT2D eigenvalue weighted by Gasteiger charge is -2.11. The number of pyridine rings is 2. The molecule has 0 atom stereocenters. The minimum absolute atomic E-state index is 0.185. The standard InChI is InChI=1S/C19H20N4O3S/c1-14-11-17(26-2)4-5-18(14)27(24,25)23-19-6-3-16(13-22-19)21-12-15-7-9-20-10-8-15/h3-11,13,21H,12H2,1-2H3,(H,22,23). The molecule has 0 saturated heterocycles. The van der Waals surface area contributed by atoms with Gasteiger partial charge in [0.1, 0.15) is 11.6 Å². The molecule has 3 aromatic rings. The summed E-state index contributed by atoms with van der Waals surface area (Å²) in [7, 11) is -2.20. The average Bonchev–Trinajstić information content (AvgIpc) is 2.67. The summed E-state index contributed by atoms with van der Waals surface area (Å²) < 4.78 is 32.8. The number of rotatable bonds is 7. The van der Waals surface area contributed by atoms with Crippen molar-refractivity contribution in [3.05, 3.63) is 72.2 Å². The van der Waals surface area contributed by atoms with E-state index < -0.39 is 10.0 Å². The topological polar surface area (TPSA) is 93.2 Å². The molecule has 140 valence electrons. The van der Waals surface area contributed by atoms with Gasteiger partial charge in [-0.1, -0.05) is 0 Å². The van der Waals surface area contributed by atoms with E-state index in [0.717, 1.165) is 11.3 Å². The van der Waals surface area contributed by atoms with E-state index in [-0.39, 0.29) is 10.7 Å². The zero-order chi connectivity index (χ0) is 19.3. The second-order valence-electron chi connectivity index (χ2n) is 5.88. The molecule has 2 heterocycles. The fourth-order valence-electron chi connectivity index (χ4n) is 2.51. The molecule has 8 heteroatoms. The normalized spacial score (nSPS) is 11.0. The van der Waals surface area contributed by atoms with Crippen LogP contribution in [0.1, 0.15) is 11.1 Å². The van der Waals surface area contributed by atoms with E-state index in [2.05, 4.69) is 20.0 Å². The Balaban J connectivity index is 1.68. The lowest BCUT2D eigenvalue weighted by molar-refractivity contribution is 0.414. The van der Waals surface area contributed by atoms with E-state index in [1.165, 1.54) is 13.2 Å². The Morgan fingerprint density at radius 2 is 1.85 bits per heavy atom. The summed E-state index contributed by atoms with van der Waals surface area (Å²) in [4.78, 5) is 8.33. The van der Waals surface area contributed by atoms with Crippen LogP contribution >= 0.6 is 0 Å². The van der Waals surface area contributed by atoms with E-state index in [1.54, 1.807) is 49.8 Å². The first kappa shape index (κ1) is 18.7. The Kier molecular flexibility index (Phi) is 5.56. The number of nitrogens with one attached hydrogen (secondary N) is 2. The Labute approximate surface area is 158 Å². The third-order valence-electron chi connectivity index (χ3n) is 3.92. The van der Waals surface area contributed by atoms with Crippen molar-refractivity contribution >= 4 is 21.5 Å². The lowest BCUT2D eigenvalue weighted by atomic mass is 10.2. The number of ether oxygens (including phenoxy) is 1. The largest absolute Gasteiger partial charge is 0.497 e. The van der Waals surface area contributed by atoms with Crippen LogP contribution in [0.15, 0.2) is 66.0 Å². The second kappa shape index (κ2) is 8.05. The molecule has 0 bridgehead atoms. The van der Waals surface area contributed by atoms with Gasteiger partial charge in [0.15, 0.2) is 0 Å². The summed E-state index contributed by atoms with van der Waals surface area (Å²) in [5, 5.41) is 3.22. The van der Waals surface area contributed by atoms with Gasteiger partial charge in [-0.3, -0.25) is 9.71 Å². The molecule has 1 aromatic carbocycles. The molecule has 2 aromatic heterocycles. The number of hydrogen-bond acceptors (Lipinski definition) is 6. The second-order valence-corrected chi connectivity index (χ2v) is 7.53. The molecule has 7 nitrogen and oxygen atoms in total. The summed E-state index contributed by atoms with van der Waals surface area (Å²) >= 11 is 0. The van der Waals surface area contributed by atoms with Gasteiger partial charge in [-0.25, -0.2) is 13.4 Å². The van der Waals surface area contributed by atoms with Gasteiger partial charge in [-0.05, 0) is 60.5 Å². The van der Waals surface area contributed by atoms with Crippen LogP contribution in [0.4, 0.5) is 11.5 Å². The highest BCUT2D eigenvalue weighted by Gasteiger charge is 2.18. The first-order chi connectivity index (χ1) is 13.0. The SMILES string of the molecule is COc1ccc(S(=O)(=O)Nc2ccc(NCc3ccncc3)cn2)c(C)c1. The fourth-order valence-corrected chi connectivity index (χ4v) is 3.74. The Bertz CT molecular complexity index is 1010. The summed E-state index contributed by atoms with van der Waals surface area (Å²) in [6.45, 7) is 2.34. The van der Waals surface area contributed by atoms with E-state index >= 15 is 0 Å².